The molecule has 0 spiro atoms. The molecule has 0 radical (unpaired) electrons. The fraction of sp³-hybridized carbons (Fsp3) is 0.250. The molecular weight excluding hydrogens is 404 g/mol. The largest absolute Gasteiger partial charge is 0.352 e. The van der Waals surface area contributed by atoms with Gasteiger partial charge in [0, 0.05) is 24.2 Å². The van der Waals surface area contributed by atoms with Crippen molar-refractivity contribution >= 4 is 23.3 Å². The van der Waals surface area contributed by atoms with Crippen molar-refractivity contribution < 1.29 is 9.32 Å². The molecule has 0 fully saturated rings. The SMILES string of the molecule is Cc1noc(CSc2ccccc2C(=O)NCCCn2nc3ccccn3c2=O)n1. The Labute approximate surface area is 176 Å². The summed E-state index contributed by atoms with van der Waals surface area (Å²) >= 11 is 1.47. The first-order valence-electron chi connectivity index (χ1n) is 9.45. The van der Waals surface area contributed by atoms with Gasteiger partial charge in [-0.3, -0.25) is 9.20 Å². The highest BCUT2D eigenvalue weighted by molar-refractivity contribution is 7.98. The number of aromatic nitrogens is 5. The number of fused-ring (bicyclic) bond motifs is 1. The van der Waals surface area contributed by atoms with Crippen LogP contribution in [0.3, 0.4) is 0 Å². The molecule has 10 heteroatoms. The molecule has 0 aliphatic rings. The van der Waals surface area contributed by atoms with Gasteiger partial charge in [-0.2, -0.15) is 4.98 Å². The molecule has 1 aromatic carbocycles. The molecule has 1 N–H and O–H groups in total. The Morgan fingerprint density at radius 1 is 1.20 bits per heavy atom. The van der Waals surface area contributed by atoms with Crippen molar-refractivity contribution in [2.75, 3.05) is 6.54 Å². The molecule has 3 aromatic heterocycles. The van der Waals surface area contributed by atoms with Crippen LogP contribution in [0.1, 0.15) is 28.5 Å². The summed E-state index contributed by atoms with van der Waals surface area (Å²) in [5.41, 5.74) is 1.01. The number of hydrogen-bond acceptors (Lipinski definition) is 7. The number of carbonyl (C=O) groups is 1. The maximum atomic E-state index is 12.6. The molecule has 30 heavy (non-hydrogen) atoms. The summed E-state index contributed by atoms with van der Waals surface area (Å²) in [5, 5.41) is 11.0. The van der Waals surface area contributed by atoms with E-state index in [9.17, 15) is 9.59 Å². The third kappa shape index (κ3) is 4.43. The molecule has 0 bridgehead atoms. The number of carbonyl (C=O) groups excluding carboxylic acids is 1. The average molecular weight is 424 g/mol. The number of rotatable bonds is 8. The Hall–Kier alpha value is -3.40. The average Bonchev–Trinajstić information content (AvgIpc) is 3.33. The standard InChI is InChI=1S/C20H20N6O3S/c1-14-22-18(29-24-14)13-30-16-8-3-2-7-15(16)19(27)21-10-6-12-26-20(28)25-11-5-4-9-17(25)23-26/h2-5,7-9,11H,6,10,12-13H2,1H3,(H,21,27). The third-order valence-electron chi connectivity index (χ3n) is 4.37. The van der Waals surface area contributed by atoms with E-state index in [-0.39, 0.29) is 11.6 Å². The van der Waals surface area contributed by atoms with E-state index in [1.165, 1.54) is 20.8 Å². The van der Waals surface area contributed by atoms with Crippen LogP contribution < -0.4 is 11.0 Å². The zero-order chi connectivity index (χ0) is 20.9. The van der Waals surface area contributed by atoms with Crippen LogP contribution in [-0.2, 0) is 12.3 Å². The van der Waals surface area contributed by atoms with Crippen LogP contribution in [0.2, 0.25) is 0 Å². The molecule has 0 aliphatic carbocycles. The number of nitrogens with zero attached hydrogens (tertiary/aromatic N) is 5. The summed E-state index contributed by atoms with van der Waals surface area (Å²) in [4.78, 5) is 29.9. The number of thioether (sulfide) groups is 1. The minimum atomic E-state index is -0.185. The van der Waals surface area contributed by atoms with Gasteiger partial charge in [0.25, 0.3) is 5.91 Å². The quantitative estimate of drug-likeness (QED) is 0.342. The minimum Gasteiger partial charge on any atom is -0.352 e. The van der Waals surface area contributed by atoms with E-state index in [1.807, 2.05) is 24.3 Å². The number of pyridine rings is 1. The van der Waals surface area contributed by atoms with E-state index in [0.29, 0.717) is 48.2 Å². The number of hydrogen-bond donors (Lipinski definition) is 1. The van der Waals surface area contributed by atoms with Gasteiger partial charge in [-0.1, -0.05) is 23.4 Å². The second-order valence-corrected chi connectivity index (χ2v) is 7.58. The van der Waals surface area contributed by atoms with Crippen LogP contribution in [0.5, 0.6) is 0 Å². The number of benzene rings is 1. The number of nitrogens with one attached hydrogen (secondary N) is 1. The monoisotopic (exact) mass is 424 g/mol. The Kier molecular flexibility index (Phi) is 5.94. The van der Waals surface area contributed by atoms with Crippen molar-refractivity contribution in [2.45, 2.75) is 30.5 Å². The lowest BCUT2D eigenvalue weighted by atomic mass is 10.2. The summed E-state index contributed by atoms with van der Waals surface area (Å²) < 4.78 is 8.03. The van der Waals surface area contributed by atoms with E-state index >= 15 is 0 Å². The van der Waals surface area contributed by atoms with E-state index in [0.717, 1.165) is 4.90 Å². The van der Waals surface area contributed by atoms with E-state index in [4.69, 9.17) is 4.52 Å². The van der Waals surface area contributed by atoms with Gasteiger partial charge in [0.1, 0.15) is 0 Å². The van der Waals surface area contributed by atoms with Gasteiger partial charge >= 0.3 is 5.69 Å². The minimum absolute atomic E-state index is 0.165. The first kappa shape index (κ1) is 19.9. The second kappa shape index (κ2) is 8.95. The van der Waals surface area contributed by atoms with Crippen LogP contribution in [0.15, 0.2) is 62.9 Å². The number of amides is 1. The zero-order valence-corrected chi connectivity index (χ0v) is 17.1. The number of aryl methyl sites for hydroxylation is 2. The van der Waals surface area contributed by atoms with Crippen molar-refractivity contribution in [1.29, 1.82) is 0 Å². The summed E-state index contributed by atoms with van der Waals surface area (Å²) in [6, 6.07) is 12.8. The van der Waals surface area contributed by atoms with Crippen molar-refractivity contribution in [3.05, 3.63) is 76.4 Å². The highest BCUT2D eigenvalue weighted by Gasteiger charge is 2.13. The Morgan fingerprint density at radius 3 is 2.83 bits per heavy atom. The van der Waals surface area contributed by atoms with Gasteiger partial charge in [-0.25, -0.2) is 9.48 Å². The fourth-order valence-corrected chi connectivity index (χ4v) is 3.85. The van der Waals surface area contributed by atoms with Gasteiger partial charge in [0.15, 0.2) is 11.5 Å². The normalized spacial score (nSPS) is 11.1. The molecule has 1 amide bonds. The molecule has 4 aromatic rings. The van der Waals surface area contributed by atoms with Crippen LogP contribution in [0, 0.1) is 6.92 Å². The van der Waals surface area contributed by atoms with Crippen molar-refractivity contribution in [3.8, 4) is 0 Å². The summed E-state index contributed by atoms with van der Waals surface area (Å²) in [5.74, 6) is 1.43. The van der Waals surface area contributed by atoms with E-state index in [1.54, 1.807) is 31.3 Å². The summed E-state index contributed by atoms with van der Waals surface area (Å²) in [7, 11) is 0. The molecule has 4 rings (SSSR count). The molecule has 154 valence electrons. The Bertz CT molecular complexity index is 1230. The van der Waals surface area contributed by atoms with Crippen LogP contribution >= 0.6 is 11.8 Å². The van der Waals surface area contributed by atoms with Gasteiger partial charge in [0.05, 0.1) is 11.3 Å². The lowest BCUT2D eigenvalue weighted by Gasteiger charge is -2.09. The molecule has 9 nitrogen and oxygen atoms in total. The predicted octanol–water partition coefficient (Wildman–Crippen LogP) is 2.30. The van der Waals surface area contributed by atoms with Crippen molar-refractivity contribution in [2.24, 2.45) is 0 Å². The van der Waals surface area contributed by atoms with Gasteiger partial charge in [-0.05, 0) is 37.6 Å². The van der Waals surface area contributed by atoms with Gasteiger partial charge < -0.3 is 9.84 Å². The molecule has 0 saturated carbocycles. The molecule has 3 heterocycles. The summed E-state index contributed by atoms with van der Waals surface area (Å²) in [6.45, 7) is 2.62. The first-order chi connectivity index (χ1) is 14.6. The molecule has 0 saturated heterocycles. The molecule has 0 aliphatic heterocycles. The Balaban J connectivity index is 1.32. The first-order valence-corrected chi connectivity index (χ1v) is 10.4. The third-order valence-corrected chi connectivity index (χ3v) is 5.43. The predicted molar refractivity (Wildman–Crippen MR) is 111 cm³/mol. The maximum absolute atomic E-state index is 12.6. The maximum Gasteiger partial charge on any atom is 0.350 e. The Morgan fingerprint density at radius 2 is 2.03 bits per heavy atom. The molecular formula is C20H20N6O3S. The zero-order valence-electron chi connectivity index (χ0n) is 16.3. The lowest BCUT2D eigenvalue weighted by molar-refractivity contribution is 0.0949. The van der Waals surface area contributed by atoms with Crippen LogP contribution in [0.4, 0.5) is 0 Å². The van der Waals surface area contributed by atoms with E-state index in [2.05, 4.69) is 20.6 Å². The van der Waals surface area contributed by atoms with Crippen molar-refractivity contribution in [3.63, 3.8) is 0 Å². The highest BCUT2D eigenvalue weighted by Crippen LogP contribution is 2.25. The van der Waals surface area contributed by atoms with Gasteiger partial charge in [0.2, 0.25) is 5.89 Å². The molecule has 0 unspecified atom stereocenters. The van der Waals surface area contributed by atoms with Crippen LogP contribution in [-0.4, -0.2) is 36.8 Å². The topological polar surface area (TPSA) is 107 Å². The van der Waals surface area contributed by atoms with Gasteiger partial charge in [-0.15, -0.1) is 16.9 Å². The second-order valence-electron chi connectivity index (χ2n) is 6.56. The highest BCUT2D eigenvalue weighted by atomic mass is 32.2. The smallest absolute Gasteiger partial charge is 0.350 e. The molecule has 0 atom stereocenters. The lowest BCUT2D eigenvalue weighted by Crippen LogP contribution is -2.27. The van der Waals surface area contributed by atoms with Crippen molar-refractivity contribution in [1.82, 2.24) is 29.6 Å². The van der Waals surface area contributed by atoms with Crippen LogP contribution in [0.25, 0.3) is 5.65 Å². The summed E-state index contributed by atoms with van der Waals surface area (Å²) in [6.07, 6.45) is 2.28. The van der Waals surface area contributed by atoms with E-state index < -0.39 is 0 Å². The fourth-order valence-electron chi connectivity index (χ4n) is 2.96.